The first-order valence-electron chi connectivity index (χ1n) is 9.33. The molecule has 1 aliphatic heterocycles. The van der Waals surface area contributed by atoms with Gasteiger partial charge in [-0.2, -0.15) is 5.06 Å². The normalized spacial score (nSPS) is 16.0. The van der Waals surface area contributed by atoms with Crippen LogP contribution in [0, 0.1) is 0 Å². The molecule has 5 heteroatoms. The molecule has 1 fully saturated rings. The SMILES string of the molecule is O=C/C=C/c1cccc(/C=C/C(=O)c2cccc(CN3CCN(O)CC3)c2)c1. The van der Waals surface area contributed by atoms with Crippen LogP contribution < -0.4 is 0 Å². The highest BCUT2D eigenvalue weighted by atomic mass is 16.5. The molecule has 5 nitrogen and oxygen atoms in total. The van der Waals surface area contributed by atoms with Gasteiger partial charge in [-0.25, -0.2) is 0 Å². The lowest BCUT2D eigenvalue weighted by molar-refractivity contribution is -0.118. The number of carbonyl (C=O) groups is 2. The van der Waals surface area contributed by atoms with Crippen LogP contribution in [0.5, 0.6) is 0 Å². The molecule has 0 spiro atoms. The number of benzene rings is 2. The van der Waals surface area contributed by atoms with Crippen LogP contribution in [0.2, 0.25) is 0 Å². The quantitative estimate of drug-likeness (QED) is 0.456. The predicted octanol–water partition coefficient (Wildman–Crippen LogP) is 3.30. The summed E-state index contributed by atoms with van der Waals surface area (Å²) in [6.45, 7) is 3.67. The van der Waals surface area contributed by atoms with Crippen LogP contribution in [0.15, 0.2) is 60.7 Å². The Hall–Kier alpha value is -2.86. The number of hydrogen-bond acceptors (Lipinski definition) is 5. The number of allylic oxidation sites excluding steroid dienone is 2. The number of carbonyl (C=O) groups excluding carboxylic acids is 2. The zero-order chi connectivity index (χ0) is 19.8. The van der Waals surface area contributed by atoms with Gasteiger partial charge in [-0.1, -0.05) is 48.6 Å². The minimum absolute atomic E-state index is 0.0455. The Labute approximate surface area is 165 Å². The summed E-state index contributed by atoms with van der Waals surface area (Å²) in [5.74, 6) is -0.0455. The van der Waals surface area contributed by atoms with E-state index in [4.69, 9.17) is 0 Å². The fourth-order valence-corrected chi connectivity index (χ4v) is 3.16. The lowest BCUT2D eigenvalue weighted by Crippen LogP contribution is -2.44. The van der Waals surface area contributed by atoms with Crippen LogP contribution in [0.1, 0.15) is 27.0 Å². The first kappa shape index (κ1) is 19.9. The van der Waals surface area contributed by atoms with Crippen LogP contribution in [-0.2, 0) is 11.3 Å². The lowest BCUT2D eigenvalue weighted by atomic mass is 10.0. The van der Waals surface area contributed by atoms with Gasteiger partial charge in [0.2, 0.25) is 0 Å². The zero-order valence-electron chi connectivity index (χ0n) is 15.7. The Bertz CT molecular complexity index is 881. The molecule has 0 aromatic heterocycles. The maximum Gasteiger partial charge on any atom is 0.185 e. The molecule has 2 aromatic carbocycles. The predicted molar refractivity (Wildman–Crippen MR) is 110 cm³/mol. The van der Waals surface area contributed by atoms with Gasteiger partial charge in [0, 0.05) is 38.3 Å². The molecule has 1 saturated heterocycles. The Balaban J connectivity index is 1.65. The van der Waals surface area contributed by atoms with Crippen molar-refractivity contribution in [3.63, 3.8) is 0 Å². The molecule has 0 amide bonds. The van der Waals surface area contributed by atoms with Crippen LogP contribution >= 0.6 is 0 Å². The Morgan fingerprint density at radius 2 is 1.68 bits per heavy atom. The summed E-state index contributed by atoms with van der Waals surface area (Å²) in [4.78, 5) is 25.3. The molecule has 1 N–H and O–H groups in total. The Morgan fingerprint density at radius 1 is 0.964 bits per heavy atom. The molecule has 0 bridgehead atoms. The summed E-state index contributed by atoms with van der Waals surface area (Å²) in [5.41, 5.74) is 3.56. The van der Waals surface area contributed by atoms with Gasteiger partial charge >= 0.3 is 0 Å². The summed E-state index contributed by atoms with van der Waals surface area (Å²) < 4.78 is 0. The number of hydroxylamine groups is 2. The molecule has 1 heterocycles. The topological polar surface area (TPSA) is 60.9 Å². The van der Waals surface area contributed by atoms with Gasteiger partial charge < -0.3 is 5.21 Å². The van der Waals surface area contributed by atoms with Crippen LogP contribution in [0.4, 0.5) is 0 Å². The standard InChI is InChI=1S/C23H24N2O3/c26-15-3-7-19-4-1-5-20(16-19)9-10-23(27)22-8-2-6-21(17-22)18-24-11-13-25(28)14-12-24/h1-10,15-17,28H,11-14,18H2/b7-3+,10-9+. The van der Waals surface area contributed by atoms with Gasteiger partial charge in [-0.15, -0.1) is 0 Å². The molecule has 0 saturated carbocycles. The summed E-state index contributed by atoms with van der Waals surface area (Å²) in [6.07, 6.45) is 7.27. The highest BCUT2D eigenvalue weighted by Gasteiger charge is 2.15. The van der Waals surface area contributed by atoms with Crippen molar-refractivity contribution in [1.29, 1.82) is 0 Å². The minimum Gasteiger partial charge on any atom is -0.314 e. The third-order valence-electron chi connectivity index (χ3n) is 4.67. The Kier molecular flexibility index (Phi) is 7.03. The first-order chi connectivity index (χ1) is 13.6. The van der Waals surface area contributed by atoms with E-state index in [-0.39, 0.29) is 5.78 Å². The highest BCUT2D eigenvalue weighted by molar-refractivity contribution is 6.06. The van der Waals surface area contributed by atoms with Gasteiger partial charge in [0.1, 0.15) is 6.29 Å². The summed E-state index contributed by atoms with van der Waals surface area (Å²) in [5, 5.41) is 10.8. The number of ketones is 1. The molecule has 28 heavy (non-hydrogen) atoms. The van der Waals surface area contributed by atoms with E-state index >= 15 is 0 Å². The monoisotopic (exact) mass is 376 g/mol. The van der Waals surface area contributed by atoms with E-state index in [2.05, 4.69) is 4.90 Å². The summed E-state index contributed by atoms with van der Waals surface area (Å²) in [7, 11) is 0. The number of nitrogens with zero attached hydrogens (tertiary/aromatic N) is 2. The van der Waals surface area contributed by atoms with Crippen molar-refractivity contribution in [3.8, 4) is 0 Å². The van der Waals surface area contributed by atoms with Gasteiger partial charge in [-0.05, 0) is 41.0 Å². The average molecular weight is 376 g/mol. The third kappa shape index (κ3) is 5.82. The van der Waals surface area contributed by atoms with Crippen LogP contribution in [0.25, 0.3) is 12.2 Å². The number of rotatable bonds is 7. The largest absolute Gasteiger partial charge is 0.314 e. The zero-order valence-corrected chi connectivity index (χ0v) is 15.7. The van der Waals surface area contributed by atoms with Crippen molar-refractivity contribution in [3.05, 3.63) is 82.9 Å². The van der Waals surface area contributed by atoms with E-state index in [0.29, 0.717) is 18.7 Å². The average Bonchev–Trinajstić information content (AvgIpc) is 2.73. The van der Waals surface area contributed by atoms with Crippen molar-refractivity contribution in [1.82, 2.24) is 9.96 Å². The minimum atomic E-state index is -0.0455. The van der Waals surface area contributed by atoms with Crippen LogP contribution in [-0.4, -0.2) is 53.4 Å². The van der Waals surface area contributed by atoms with Gasteiger partial charge in [0.05, 0.1) is 0 Å². The van der Waals surface area contributed by atoms with Crippen molar-refractivity contribution in [2.24, 2.45) is 0 Å². The van der Waals surface area contributed by atoms with E-state index in [1.807, 2.05) is 48.5 Å². The van der Waals surface area contributed by atoms with E-state index in [1.54, 1.807) is 18.2 Å². The Morgan fingerprint density at radius 3 is 2.43 bits per heavy atom. The molecule has 0 radical (unpaired) electrons. The van der Waals surface area contributed by atoms with Gasteiger partial charge in [-0.3, -0.25) is 14.5 Å². The summed E-state index contributed by atoms with van der Waals surface area (Å²) >= 11 is 0. The smallest absolute Gasteiger partial charge is 0.185 e. The number of aldehydes is 1. The second-order valence-electron chi connectivity index (χ2n) is 6.79. The maximum atomic E-state index is 12.6. The van der Waals surface area contributed by atoms with E-state index in [9.17, 15) is 14.8 Å². The van der Waals surface area contributed by atoms with Gasteiger partial charge in [0.25, 0.3) is 0 Å². The lowest BCUT2D eigenvalue weighted by Gasteiger charge is -2.31. The molecular formula is C23H24N2O3. The fourth-order valence-electron chi connectivity index (χ4n) is 3.16. The maximum absolute atomic E-state index is 12.6. The number of piperazine rings is 1. The van der Waals surface area contributed by atoms with Crippen molar-refractivity contribution < 1.29 is 14.8 Å². The third-order valence-corrected chi connectivity index (χ3v) is 4.67. The van der Waals surface area contributed by atoms with Crippen molar-refractivity contribution in [2.45, 2.75) is 6.54 Å². The first-order valence-corrected chi connectivity index (χ1v) is 9.33. The van der Waals surface area contributed by atoms with Crippen molar-refractivity contribution in [2.75, 3.05) is 26.2 Å². The molecule has 0 unspecified atom stereocenters. The molecule has 3 rings (SSSR count). The van der Waals surface area contributed by atoms with E-state index < -0.39 is 0 Å². The number of hydrogen-bond donors (Lipinski definition) is 1. The van der Waals surface area contributed by atoms with E-state index in [1.165, 1.54) is 11.1 Å². The second-order valence-corrected chi connectivity index (χ2v) is 6.79. The molecule has 1 aliphatic rings. The van der Waals surface area contributed by atoms with E-state index in [0.717, 1.165) is 42.6 Å². The summed E-state index contributed by atoms with van der Waals surface area (Å²) in [6, 6.07) is 15.3. The fraction of sp³-hybridized carbons (Fsp3) is 0.217. The van der Waals surface area contributed by atoms with Crippen LogP contribution in [0.3, 0.4) is 0 Å². The second kappa shape index (κ2) is 9.90. The molecule has 2 aromatic rings. The highest BCUT2D eigenvalue weighted by Crippen LogP contribution is 2.13. The molecular weight excluding hydrogens is 352 g/mol. The molecule has 144 valence electrons. The van der Waals surface area contributed by atoms with Gasteiger partial charge in [0.15, 0.2) is 5.78 Å². The van der Waals surface area contributed by atoms with Crippen molar-refractivity contribution >= 4 is 24.2 Å². The molecule has 0 atom stereocenters. The molecule has 0 aliphatic carbocycles.